The minimum atomic E-state index is -0.432. The van der Waals surface area contributed by atoms with Crippen molar-refractivity contribution in [1.82, 2.24) is 28.5 Å². The summed E-state index contributed by atoms with van der Waals surface area (Å²) in [7, 11) is 1.60. The summed E-state index contributed by atoms with van der Waals surface area (Å²) in [4.78, 5) is 48.9. The molecular weight excluding hydrogens is 586 g/mol. The van der Waals surface area contributed by atoms with Crippen LogP contribution in [0.25, 0.3) is 11.2 Å². The minimum Gasteiger partial charge on any atom is -0.385 e. The second-order valence-electron chi connectivity index (χ2n) is 11.3. The summed E-state index contributed by atoms with van der Waals surface area (Å²) < 4.78 is 10.2. The van der Waals surface area contributed by atoms with Crippen molar-refractivity contribution < 1.29 is 9.66 Å². The van der Waals surface area contributed by atoms with Gasteiger partial charge in [-0.1, -0.05) is 70.2 Å². The van der Waals surface area contributed by atoms with Gasteiger partial charge in [-0.3, -0.25) is 33.8 Å². The molecule has 0 N–H and O–H groups in total. The number of aromatic nitrogens is 4. The first-order valence-electron chi connectivity index (χ1n) is 16.2. The molecule has 248 valence electrons. The first kappa shape index (κ1) is 34.7. The van der Waals surface area contributed by atoms with E-state index in [9.17, 15) is 19.7 Å². The Bertz CT molecular complexity index is 1680. The molecule has 2 heterocycles. The average Bonchev–Trinajstić information content (AvgIpc) is 3.41. The van der Waals surface area contributed by atoms with Crippen LogP contribution in [0.2, 0.25) is 0 Å². The molecular formula is C34H47N7O5. The van der Waals surface area contributed by atoms with Crippen LogP contribution in [0.15, 0.2) is 64.2 Å². The Morgan fingerprint density at radius 1 is 0.848 bits per heavy atom. The number of nitro benzene ring substituents is 1. The average molecular weight is 634 g/mol. The number of nitro groups is 1. The molecule has 12 nitrogen and oxygen atoms in total. The molecule has 0 bridgehead atoms. The van der Waals surface area contributed by atoms with Crippen molar-refractivity contribution in [2.75, 3.05) is 39.9 Å². The largest absolute Gasteiger partial charge is 0.385 e. The number of benzene rings is 2. The number of aryl methyl sites for hydroxylation is 2. The number of nitrogens with zero attached hydrogens (tertiary/aromatic N) is 7. The van der Waals surface area contributed by atoms with Crippen molar-refractivity contribution in [1.29, 1.82) is 0 Å². The highest BCUT2D eigenvalue weighted by molar-refractivity contribution is 5.71. The molecule has 2 aromatic heterocycles. The molecule has 4 rings (SSSR count). The van der Waals surface area contributed by atoms with Gasteiger partial charge < -0.3 is 9.30 Å². The van der Waals surface area contributed by atoms with E-state index in [-0.39, 0.29) is 30.5 Å². The van der Waals surface area contributed by atoms with Gasteiger partial charge in [-0.2, -0.15) is 0 Å². The third-order valence-corrected chi connectivity index (χ3v) is 8.71. The first-order valence-corrected chi connectivity index (χ1v) is 16.2. The summed E-state index contributed by atoms with van der Waals surface area (Å²) in [5, 5.41) is 11.2. The summed E-state index contributed by atoms with van der Waals surface area (Å²) in [6.45, 7) is 13.4. The SMILES string of the molecule is CCN(CC)C(Cn1c(Cc2ccccc2)nc2c1c(=O)n(CCCOC)c(=O)n2CCc1ccc([N+](=O)[O-])cc1)N(CC)CC. The van der Waals surface area contributed by atoms with Gasteiger partial charge in [0, 0.05) is 45.4 Å². The highest BCUT2D eigenvalue weighted by Crippen LogP contribution is 2.20. The van der Waals surface area contributed by atoms with Gasteiger partial charge in [-0.05, 0) is 50.1 Å². The van der Waals surface area contributed by atoms with Crippen LogP contribution in [0.3, 0.4) is 0 Å². The van der Waals surface area contributed by atoms with Crippen LogP contribution < -0.4 is 11.2 Å². The molecule has 0 unspecified atom stereocenters. The monoisotopic (exact) mass is 633 g/mol. The zero-order chi connectivity index (χ0) is 33.2. The van der Waals surface area contributed by atoms with E-state index in [0.29, 0.717) is 43.6 Å². The van der Waals surface area contributed by atoms with Crippen LogP contribution in [0.1, 0.15) is 51.1 Å². The van der Waals surface area contributed by atoms with Crippen molar-refractivity contribution in [3.63, 3.8) is 0 Å². The molecule has 0 saturated heterocycles. The molecule has 0 aliphatic heterocycles. The molecule has 12 heteroatoms. The third-order valence-electron chi connectivity index (χ3n) is 8.71. The minimum absolute atomic E-state index is 0.00950. The molecule has 46 heavy (non-hydrogen) atoms. The van der Waals surface area contributed by atoms with Gasteiger partial charge in [-0.25, -0.2) is 9.78 Å². The highest BCUT2D eigenvalue weighted by Gasteiger charge is 2.27. The van der Waals surface area contributed by atoms with E-state index in [0.717, 1.165) is 43.1 Å². The molecule has 0 radical (unpaired) electrons. The first-order chi connectivity index (χ1) is 22.3. The zero-order valence-corrected chi connectivity index (χ0v) is 27.7. The van der Waals surface area contributed by atoms with E-state index in [1.807, 2.05) is 34.9 Å². The van der Waals surface area contributed by atoms with Crippen LogP contribution in [-0.2, 0) is 37.2 Å². The maximum Gasteiger partial charge on any atom is 0.332 e. The van der Waals surface area contributed by atoms with Crippen LogP contribution >= 0.6 is 0 Å². The Morgan fingerprint density at radius 2 is 1.48 bits per heavy atom. The lowest BCUT2D eigenvalue weighted by atomic mass is 10.1. The number of hydrogen-bond donors (Lipinski definition) is 0. The van der Waals surface area contributed by atoms with Crippen molar-refractivity contribution in [3.8, 4) is 0 Å². The quantitative estimate of drug-likeness (QED) is 0.0694. The van der Waals surface area contributed by atoms with Crippen LogP contribution in [-0.4, -0.2) is 79.5 Å². The molecule has 0 atom stereocenters. The number of likely N-dealkylation sites (N-methyl/N-ethyl adjacent to an activating group) is 2. The molecule has 4 aromatic rings. The number of imidazole rings is 1. The van der Waals surface area contributed by atoms with Crippen molar-refractivity contribution in [2.24, 2.45) is 0 Å². The van der Waals surface area contributed by atoms with E-state index in [4.69, 9.17) is 9.72 Å². The second-order valence-corrected chi connectivity index (χ2v) is 11.3. The maximum absolute atomic E-state index is 14.3. The maximum atomic E-state index is 14.3. The van der Waals surface area contributed by atoms with Gasteiger partial charge >= 0.3 is 5.69 Å². The number of hydrogen-bond acceptors (Lipinski definition) is 8. The fourth-order valence-electron chi connectivity index (χ4n) is 6.15. The fourth-order valence-corrected chi connectivity index (χ4v) is 6.15. The molecule has 2 aromatic carbocycles. The smallest absolute Gasteiger partial charge is 0.332 e. The normalized spacial score (nSPS) is 11.8. The molecule has 0 amide bonds. The lowest BCUT2D eigenvalue weighted by Crippen LogP contribution is -2.51. The number of rotatable bonds is 18. The van der Waals surface area contributed by atoms with Gasteiger partial charge in [-0.15, -0.1) is 0 Å². The predicted molar refractivity (Wildman–Crippen MR) is 180 cm³/mol. The lowest BCUT2D eigenvalue weighted by molar-refractivity contribution is -0.384. The third kappa shape index (κ3) is 7.80. The van der Waals surface area contributed by atoms with Gasteiger partial charge in [0.05, 0.1) is 17.6 Å². The molecule has 0 fully saturated rings. The summed E-state index contributed by atoms with van der Waals surface area (Å²) in [5.74, 6) is 0.723. The van der Waals surface area contributed by atoms with Crippen molar-refractivity contribution in [2.45, 2.75) is 72.8 Å². The number of non-ortho nitro benzene ring substituents is 1. The van der Waals surface area contributed by atoms with Crippen molar-refractivity contribution >= 4 is 16.9 Å². The van der Waals surface area contributed by atoms with E-state index in [1.165, 1.54) is 16.7 Å². The number of methoxy groups -OCH3 is 1. The van der Waals surface area contributed by atoms with E-state index in [1.54, 1.807) is 23.8 Å². The Kier molecular flexibility index (Phi) is 12.4. The summed E-state index contributed by atoms with van der Waals surface area (Å²) in [6, 6.07) is 16.4. The van der Waals surface area contributed by atoms with Gasteiger partial charge in [0.15, 0.2) is 11.2 Å². The molecule has 0 aliphatic carbocycles. The van der Waals surface area contributed by atoms with Crippen LogP contribution in [0.5, 0.6) is 0 Å². The Morgan fingerprint density at radius 3 is 2.04 bits per heavy atom. The van der Waals surface area contributed by atoms with Crippen LogP contribution in [0, 0.1) is 10.1 Å². The Hall–Kier alpha value is -4.13. The van der Waals surface area contributed by atoms with Gasteiger partial charge in [0.1, 0.15) is 5.82 Å². The lowest BCUT2D eigenvalue weighted by Gasteiger charge is -2.38. The summed E-state index contributed by atoms with van der Waals surface area (Å²) in [5.41, 5.74) is 1.91. The number of fused-ring (bicyclic) bond motifs is 1. The summed E-state index contributed by atoms with van der Waals surface area (Å²) in [6.07, 6.45) is 1.45. The fraction of sp³-hybridized carbons (Fsp3) is 0.500. The Balaban J connectivity index is 1.93. The second kappa shape index (κ2) is 16.4. The topological polar surface area (TPSA) is 121 Å². The zero-order valence-electron chi connectivity index (χ0n) is 27.7. The number of ether oxygens (including phenoxy) is 1. The summed E-state index contributed by atoms with van der Waals surface area (Å²) >= 11 is 0. The Labute approximate surface area is 270 Å². The van der Waals surface area contributed by atoms with E-state index in [2.05, 4.69) is 37.5 Å². The molecule has 0 spiro atoms. The standard InChI is InChI=1S/C34H47N7O5/c1-6-36(7-2)30(37(8-3)9-4)25-40-29(24-27-14-11-10-12-15-27)35-32-31(40)33(42)39(21-13-23-46-5)34(43)38(32)22-20-26-16-18-28(19-17-26)41(44)45/h10-12,14-19,30H,6-9,13,20-25H2,1-5H3. The van der Waals surface area contributed by atoms with E-state index < -0.39 is 10.6 Å². The van der Waals surface area contributed by atoms with Gasteiger partial charge in [0.2, 0.25) is 0 Å². The van der Waals surface area contributed by atoms with E-state index >= 15 is 0 Å². The van der Waals surface area contributed by atoms with Crippen molar-refractivity contribution in [3.05, 3.63) is 103 Å². The van der Waals surface area contributed by atoms with Gasteiger partial charge in [0.25, 0.3) is 11.2 Å². The molecule has 0 aliphatic rings. The molecule has 0 saturated carbocycles. The van der Waals surface area contributed by atoms with Crippen LogP contribution in [0.4, 0.5) is 5.69 Å². The predicted octanol–water partition coefficient (Wildman–Crippen LogP) is 4.15. The highest BCUT2D eigenvalue weighted by atomic mass is 16.6.